The molecule has 134 valence electrons. The Labute approximate surface area is 154 Å². The number of nitrogens with zero attached hydrogens (tertiary/aromatic N) is 3. The van der Waals surface area contributed by atoms with Crippen LogP contribution >= 0.6 is 0 Å². The van der Waals surface area contributed by atoms with Crippen LogP contribution in [0, 0.1) is 0 Å². The van der Waals surface area contributed by atoms with Crippen molar-refractivity contribution in [1.29, 1.82) is 0 Å². The summed E-state index contributed by atoms with van der Waals surface area (Å²) in [4.78, 5) is 4.71. The molecular weight excluding hydrogens is 320 g/mol. The van der Waals surface area contributed by atoms with Crippen LogP contribution in [0.4, 0.5) is 0 Å². The Hall–Kier alpha value is -2.62. The molecule has 0 bridgehead atoms. The largest absolute Gasteiger partial charge is 0.303 e. The Balaban J connectivity index is 1.75. The number of aromatic amines is 1. The first-order valence-corrected chi connectivity index (χ1v) is 9.15. The van der Waals surface area contributed by atoms with Gasteiger partial charge in [-0.15, -0.1) is 0 Å². The minimum absolute atomic E-state index is 0.000249. The first kappa shape index (κ1) is 16.8. The van der Waals surface area contributed by atoms with Gasteiger partial charge >= 0.3 is 0 Å². The number of pyridine rings is 1. The van der Waals surface area contributed by atoms with Gasteiger partial charge in [0, 0.05) is 16.5 Å². The number of imidazole rings is 1. The van der Waals surface area contributed by atoms with Gasteiger partial charge < -0.3 is 4.40 Å². The molecule has 4 heteroatoms. The van der Waals surface area contributed by atoms with Crippen LogP contribution in [0.1, 0.15) is 51.6 Å². The third-order valence-corrected chi connectivity index (χ3v) is 5.21. The number of hydrogen-bond acceptors (Lipinski definition) is 2. The average molecular weight is 346 g/mol. The van der Waals surface area contributed by atoms with E-state index in [0.717, 1.165) is 23.0 Å². The standard InChI is InChI=1S/C22H26N4/c1-21(2,3)20-19-8-6-7-17(26(19)14-23-20)12-22(4,5)16-10-9-15-13-24-25-18(15)11-16/h6-11,13-14H,12H2,1-5H3,(H,24,25). The summed E-state index contributed by atoms with van der Waals surface area (Å²) in [6.07, 6.45) is 4.77. The van der Waals surface area contributed by atoms with Crippen molar-refractivity contribution in [3.63, 3.8) is 0 Å². The molecule has 0 aliphatic heterocycles. The molecule has 4 rings (SSSR count). The van der Waals surface area contributed by atoms with E-state index >= 15 is 0 Å². The lowest BCUT2D eigenvalue weighted by atomic mass is 9.80. The van der Waals surface area contributed by atoms with E-state index in [2.05, 4.69) is 85.6 Å². The van der Waals surface area contributed by atoms with Crippen molar-refractivity contribution in [2.45, 2.75) is 51.9 Å². The van der Waals surface area contributed by atoms with E-state index in [1.165, 1.54) is 16.8 Å². The molecule has 26 heavy (non-hydrogen) atoms. The summed E-state index contributed by atoms with van der Waals surface area (Å²) in [6, 6.07) is 13.1. The zero-order chi connectivity index (χ0) is 18.5. The van der Waals surface area contributed by atoms with Gasteiger partial charge in [-0.3, -0.25) is 5.10 Å². The van der Waals surface area contributed by atoms with Gasteiger partial charge in [-0.2, -0.15) is 5.10 Å². The van der Waals surface area contributed by atoms with Gasteiger partial charge in [-0.05, 0) is 35.6 Å². The first-order valence-electron chi connectivity index (χ1n) is 9.15. The first-order chi connectivity index (χ1) is 12.3. The van der Waals surface area contributed by atoms with Crippen molar-refractivity contribution >= 4 is 16.4 Å². The second-order valence-electron chi connectivity index (χ2n) is 8.85. The van der Waals surface area contributed by atoms with E-state index in [9.17, 15) is 0 Å². The van der Waals surface area contributed by atoms with Crippen molar-refractivity contribution in [2.24, 2.45) is 0 Å². The number of H-pyrrole nitrogens is 1. The molecule has 4 aromatic rings. The van der Waals surface area contributed by atoms with Gasteiger partial charge in [0.1, 0.15) is 0 Å². The van der Waals surface area contributed by atoms with Crippen molar-refractivity contribution in [3.05, 3.63) is 65.9 Å². The maximum Gasteiger partial charge on any atom is 0.0998 e. The van der Waals surface area contributed by atoms with E-state index < -0.39 is 0 Å². The van der Waals surface area contributed by atoms with Crippen molar-refractivity contribution < 1.29 is 0 Å². The van der Waals surface area contributed by atoms with E-state index in [-0.39, 0.29) is 10.8 Å². The van der Waals surface area contributed by atoms with Gasteiger partial charge in [-0.1, -0.05) is 52.8 Å². The SMILES string of the molecule is CC(C)(C)c1ncn2c(CC(C)(C)c3ccc4cn[nH]c4c3)cccc12. The Bertz CT molecular complexity index is 1080. The van der Waals surface area contributed by atoms with E-state index in [4.69, 9.17) is 4.98 Å². The highest BCUT2D eigenvalue weighted by Crippen LogP contribution is 2.31. The number of nitrogens with one attached hydrogen (secondary N) is 1. The van der Waals surface area contributed by atoms with Gasteiger partial charge in [0.2, 0.25) is 0 Å². The minimum Gasteiger partial charge on any atom is -0.303 e. The number of benzene rings is 1. The topological polar surface area (TPSA) is 46.0 Å². The molecule has 0 aliphatic rings. The maximum atomic E-state index is 4.71. The Morgan fingerprint density at radius 1 is 1.04 bits per heavy atom. The van der Waals surface area contributed by atoms with E-state index in [1.807, 2.05) is 12.5 Å². The van der Waals surface area contributed by atoms with Crippen molar-refractivity contribution in [3.8, 4) is 0 Å². The number of fused-ring (bicyclic) bond motifs is 2. The summed E-state index contributed by atoms with van der Waals surface area (Å²) in [5, 5.41) is 8.37. The fourth-order valence-electron chi connectivity index (χ4n) is 3.71. The molecule has 1 aromatic carbocycles. The highest BCUT2D eigenvalue weighted by Gasteiger charge is 2.25. The predicted octanol–water partition coefficient (Wildman–Crippen LogP) is 5.03. The van der Waals surface area contributed by atoms with Crippen LogP contribution in [0.25, 0.3) is 16.4 Å². The number of hydrogen-bond donors (Lipinski definition) is 1. The van der Waals surface area contributed by atoms with Crippen LogP contribution in [0.3, 0.4) is 0 Å². The van der Waals surface area contributed by atoms with Crippen LogP contribution in [0.2, 0.25) is 0 Å². The van der Waals surface area contributed by atoms with Gasteiger partial charge in [0.15, 0.2) is 0 Å². The summed E-state index contributed by atoms with van der Waals surface area (Å²) in [5.74, 6) is 0. The Kier molecular flexibility index (Phi) is 3.69. The van der Waals surface area contributed by atoms with Crippen LogP contribution < -0.4 is 0 Å². The summed E-state index contributed by atoms with van der Waals surface area (Å²) < 4.78 is 2.25. The van der Waals surface area contributed by atoms with Crippen LogP contribution in [-0.4, -0.2) is 19.6 Å². The fourth-order valence-corrected chi connectivity index (χ4v) is 3.71. The molecule has 0 aliphatic carbocycles. The quantitative estimate of drug-likeness (QED) is 0.565. The van der Waals surface area contributed by atoms with Crippen LogP contribution in [0.15, 0.2) is 48.9 Å². The average Bonchev–Trinajstić information content (AvgIpc) is 3.20. The summed E-state index contributed by atoms with van der Waals surface area (Å²) in [7, 11) is 0. The van der Waals surface area contributed by atoms with Gasteiger partial charge in [-0.25, -0.2) is 4.98 Å². The molecule has 0 amide bonds. The van der Waals surface area contributed by atoms with Gasteiger partial charge in [0.05, 0.1) is 29.3 Å². The minimum atomic E-state index is -0.000249. The molecule has 0 saturated heterocycles. The molecular formula is C22H26N4. The highest BCUT2D eigenvalue weighted by molar-refractivity contribution is 5.78. The molecule has 0 saturated carbocycles. The monoisotopic (exact) mass is 346 g/mol. The number of rotatable bonds is 3. The summed E-state index contributed by atoms with van der Waals surface area (Å²) >= 11 is 0. The van der Waals surface area contributed by atoms with Crippen molar-refractivity contribution in [1.82, 2.24) is 19.6 Å². The zero-order valence-electron chi connectivity index (χ0n) is 16.2. The Morgan fingerprint density at radius 2 is 1.85 bits per heavy atom. The molecule has 3 aromatic heterocycles. The van der Waals surface area contributed by atoms with Gasteiger partial charge in [0.25, 0.3) is 0 Å². The molecule has 1 N–H and O–H groups in total. The maximum absolute atomic E-state index is 4.71. The highest BCUT2D eigenvalue weighted by atomic mass is 15.1. The third-order valence-electron chi connectivity index (χ3n) is 5.21. The summed E-state index contributed by atoms with van der Waals surface area (Å²) in [6.45, 7) is 11.2. The Morgan fingerprint density at radius 3 is 2.62 bits per heavy atom. The van der Waals surface area contributed by atoms with Crippen LogP contribution in [-0.2, 0) is 17.3 Å². The zero-order valence-corrected chi connectivity index (χ0v) is 16.2. The number of aromatic nitrogens is 4. The molecule has 0 radical (unpaired) electrons. The predicted molar refractivity (Wildman–Crippen MR) is 107 cm³/mol. The van der Waals surface area contributed by atoms with E-state index in [1.54, 1.807) is 0 Å². The van der Waals surface area contributed by atoms with Crippen molar-refractivity contribution in [2.75, 3.05) is 0 Å². The molecule has 0 atom stereocenters. The second-order valence-corrected chi connectivity index (χ2v) is 8.85. The fraction of sp³-hybridized carbons (Fsp3) is 0.364. The third kappa shape index (κ3) is 2.79. The van der Waals surface area contributed by atoms with Crippen LogP contribution in [0.5, 0.6) is 0 Å². The normalized spacial score (nSPS) is 13.0. The molecule has 4 nitrogen and oxygen atoms in total. The lowest BCUT2D eigenvalue weighted by Gasteiger charge is -2.26. The summed E-state index contributed by atoms with van der Waals surface area (Å²) in [5.41, 5.74) is 6.06. The lowest BCUT2D eigenvalue weighted by Crippen LogP contribution is -2.22. The van der Waals surface area contributed by atoms with E-state index in [0.29, 0.717) is 0 Å². The molecule has 0 unspecified atom stereocenters. The molecule has 3 heterocycles. The lowest BCUT2D eigenvalue weighted by molar-refractivity contribution is 0.513. The second kappa shape index (κ2) is 5.70. The molecule has 0 fully saturated rings. The molecule has 0 spiro atoms. The smallest absolute Gasteiger partial charge is 0.0998 e.